The van der Waals surface area contributed by atoms with Gasteiger partial charge in [-0.2, -0.15) is 0 Å². The van der Waals surface area contributed by atoms with Crippen LogP contribution < -0.4 is 15.0 Å². The van der Waals surface area contributed by atoms with Gasteiger partial charge >= 0.3 is 5.97 Å². The Kier molecular flexibility index (Phi) is 7.75. The molecule has 0 bridgehead atoms. The minimum atomic E-state index is -0.602. The largest absolute Gasteiger partial charge is 0.494 e. The zero-order chi connectivity index (χ0) is 25.7. The predicted molar refractivity (Wildman–Crippen MR) is 140 cm³/mol. The lowest BCUT2D eigenvalue weighted by Crippen LogP contribution is -2.33. The van der Waals surface area contributed by atoms with Crippen LogP contribution in [-0.4, -0.2) is 31.0 Å². The van der Waals surface area contributed by atoms with Gasteiger partial charge in [-0.05, 0) is 69.3 Å². The summed E-state index contributed by atoms with van der Waals surface area (Å²) in [4.78, 5) is 42.0. The molecule has 0 radical (unpaired) electrons. The number of para-hydroxylation sites is 1. The number of nitrogens with zero attached hydrogens (tertiary/aromatic N) is 1. The fourth-order valence-corrected chi connectivity index (χ4v) is 4.58. The van der Waals surface area contributed by atoms with Gasteiger partial charge in [-0.1, -0.05) is 41.6 Å². The van der Waals surface area contributed by atoms with E-state index in [4.69, 9.17) is 9.47 Å². The summed E-state index contributed by atoms with van der Waals surface area (Å²) >= 11 is 1.20. The third-order valence-electron chi connectivity index (χ3n) is 5.36. The van der Waals surface area contributed by atoms with Crippen molar-refractivity contribution in [2.75, 3.05) is 23.4 Å². The molecule has 0 atom stereocenters. The summed E-state index contributed by atoms with van der Waals surface area (Å²) in [5, 5.41) is 3.12. The van der Waals surface area contributed by atoms with E-state index in [0.717, 1.165) is 15.4 Å². The van der Waals surface area contributed by atoms with E-state index >= 15 is 0 Å². The molecule has 8 heteroatoms. The number of nitrogens with one attached hydrogen (secondary N) is 1. The Morgan fingerprint density at radius 1 is 0.889 bits per heavy atom. The summed E-state index contributed by atoms with van der Waals surface area (Å²) in [5.41, 5.74) is 2.16. The first-order valence-corrected chi connectivity index (χ1v) is 12.4. The Morgan fingerprint density at radius 3 is 2.25 bits per heavy atom. The maximum Gasteiger partial charge on any atom is 0.340 e. The highest BCUT2D eigenvalue weighted by atomic mass is 32.2. The van der Waals surface area contributed by atoms with Crippen LogP contribution in [0.1, 0.15) is 29.8 Å². The topological polar surface area (TPSA) is 84.9 Å². The van der Waals surface area contributed by atoms with Crippen LogP contribution in [0.4, 0.5) is 11.4 Å². The molecule has 0 saturated carbocycles. The Morgan fingerprint density at radius 2 is 1.58 bits per heavy atom. The number of imide groups is 1. The number of thioether (sulfide) groups is 1. The highest BCUT2D eigenvalue weighted by Gasteiger charge is 2.41. The Hall–Kier alpha value is -4.04. The number of esters is 1. The van der Waals surface area contributed by atoms with E-state index in [1.165, 1.54) is 11.8 Å². The molecular weight excluding hydrogens is 476 g/mol. The van der Waals surface area contributed by atoms with Crippen LogP contribution in [0.3, 0.4) is 0 Å². The number of hydrogen-bond donors (Lipinski definition) is 1. The molecular formula is C28H26N2O5S. The van der Waals surface area contributed by atoms with Gasteiger partial charge in [0.15, 0.2) is 0 Å². The molecule has 184 valence electrons. The average Bonchev–Trinajstić information content (AvgIpc) is 3.10. The van der Waals surface area contributed by atoms with Crippen LogP contribution in [-0.2, 0) is 14.3 Å². The van der Waals surface area contributed by atoms with Crippen LogP contribution in [0.25, 0.3) is 0 Å². The van der Waals surface area contributed by atoms with Gasteiger partial charge in [-0.25, -0.2) is 9.69 Å². The first kappa shape index (κ1) is 25.1. The smallest absolute Gasteiger partial charge is 0.340 e. The number of anilines is 2. The van der Waals surface area contributed by atoms with Gasteiger partial charge in [-0.3, -0.25) is 9.59 Å². The van der Waals surface area contributed by atoms with E-state index in [-0.39, 0.29) is 28.5 Å². The third kappa shape index (κ3) is 5.28. The zero-order valence-electron chi connectivity index (χ0n) is 20.2. The lowest BCUT2D eigenvalue weighted by atomic mass is 10.1. The van der Waals surface area contributed by atoms with Crippen LogP contribution >= 0.6 is 11.8 Å². The predicted octanol–water partition coefficient (Wildman–Crippen LogP) is 5.56. The van der Waals surface area contributed by atoms with E-state index in [1.807, 2.05) is 38.1 Å². The molecule has 1 aliphatic rings. The van der Waals surface area contributed by atoms with Gasteiger partial charge in [0, 0.05) is 10.6 Å². The fourth-order valence-electron chi connectivity index (χ4n) is 3.65. The summed E-state index contributed by atoms with van der Waals surface area (Å²) < 4.78 is 10.6. The number of aryl methyl sites for hydroxylation is 1. The number of rotatable bonds is 9. The van der Waals surface area contributed by atoms with Gasteiger partial charge in [0.1, 0.15) is 16.4 Å². The molecule has 36 heavy (non-hydrogen) atoms. The number of carbonyl (C=O) groups is 3. The molecule has 3 aromatic carbocycles. The SMILES string of the molecule is CCOC(=O)c1ccccc1N1C(=O)C(Nc2ccc(OCC)cc2)=C(Sc2ccc(C)cc2)C1=O. The normalized spacial score (nSPS) is 13.2. The second-order valence-corrected chi connectivity index (χ2v) is 8.97. The first-order valence-electron chi connectivity index (χ1n) is 11.6. The van der Waals surface area contributed by atoms with Crippen molar-refractivity contribution >= 4 is 40.9 Å². The fraction of sp³-hybridized carbons (Fsp3) is 0.179. The first-order chi connectivity index (χ1) is 17.4. The summed E-state index contributed by atoms with van der Waals surface area (Å²) in [6, 6.07) is 21.2. The Balaban J connectivity index is 1.74. The molecule has 0 aromatic heterocycles. The number of carbonyl (C=O) groups excluding carboxylic acids is 3. The molecule has 0 unspecified atom stereocenters. The number of amides is 2. The average molecular weight is 503 g/mol. The van der Waals surface area contributed by atoms with E-state index in [2.05, 4.69) is 5.32 Å². The number of ether oxygens (including phenoxy) is 2. The molecule has 1 N–H and O–H groups in total. The second kappa shape index (κ2) is 11.1. The quantitative estimate of drug-likeness (QED) is 0.303. The molecule has 4 rings (SSSR count). The third-order valence-corrected chi connectivity index (χ3v) is 6.45. The lowest BCUT2D eigenvalue weighted by Gasteiger charge is -2.18. The van der Waals surface area contributed by atoms with Crippen LogP contribution in [0.5, 0.6) is 5.75 Å². The Bertz CT molecular complexity index is 1320. The van der Waals surface area contributed by atoms with Gasteiger partial charge in [-0.15, -0.1) is 0 Å². The van der Waals surface area contributed by atoms with Crippen molar-refractivity contribution in [2.45, 2.75) is 25.7 Å². The van der Waals surface area contributed by atoms with Crippen LogP contribution in [0.15, 0.2) is 88.3 Å². The van der Waals surface area contributed by atoms with Gasteiger partial charge in [0.2, 0.25) is 0 Å². The minimum Gasteiger partial charge on any atom is -0.494 e. The lowest BCUT2D eigenvalue weighted by molar-refractivity contribution is -0.120. The molecule has 1 heterocycles. The van der Waals surface area contributed by atoms with Crippen molar-refractivity contribution in [3.8, 4) is 5.75 Å². The van der Waals surface area contributed by atoms with E-state index < -0.39 is 17.8 Å². The number of benzene rings is 3. The molecule has 1 aliphatic heterocycles. The van der Waals surface area contributed by atoms with Crippen LogP contribution in [0.2, 0.25) is 0 Å². The number of hydrogen-bond acceptors (Lipinski definition) is 7. The van der Waals surface area contributed by atoms with Crippen molar-refractivity contribution < 1.29 is 23.9 Å². The minimum absolute atomic E-state index is 0.133. The van der Waals surface area contributed by atoms with E-state index in [0.29, 0.717) is 18.0 Å². The van der Waals surface area contributed by atoms with Gasteiger partial charge in [0.25, 0.3) is 11.8 Å². The van der Waals surface area contributed by atoms with Crippen molar-refractivity contribution in [1.29, 1.82) is 0 Å². The summed E-state index contributed by atoms with van der Waals surface area (Å²) in [7, 11) is 0. The van der Waals surface area contributed by atoms with Gasteiger partial charge < -0.3 is 14.8 Å². The highest BCUT2D eigenvalue weighted by Crippen LogP contribution is 2.39. The molecule has 0 saturated heterocycles. The van der Waals surface area contributed by atoms with E-state index in [1.54, 1.807) is 55.5 Å². The molecule has 0 spiro atoms. The maximum atomic E-state index is 13.7. The van der Waals surface area contributed by atoms with Crippen molar-refractivity contribution in [3.63, 3.8) is 0 Å². The second-order valence-electron chi connectivity index (χ2n) is 7.88. The molecule has 0 aliphatic carbocycles. The maximum absolute atomic E-state index is 13.7. The monoisotopic (exact) mass is 502 g/mol. The molecule has 0 fully saturated rings. The zero-order valence-corrected chi connectivity index (χ0v) is 21.1. The van der Waals surface area contributed by atoms with Crippen LogP contribution in [0, 0.1) is 6.92 Å². The van der Waals surface area contributed by atoms with Crippen molar-refractivity contribution in [3.05, 3.63) is 94.5 Å². The standard InChI is InChI=1S/C28H26N2O5S/c1-4-34-20-14-12-19(13-15-20)29-24-25(36-21-16-10-18(3)11-17-21)27(32)30(26(24)31)23-9-7-6-8-22(23)28(33)35-5-2/h6-17,29H,4-5H2,1-3H3. The van der Waals surface area contributed by atoms with Gasteiger partial charge in [0.05, 0.1) is 24.5 Å². The molecule has 7 nitrogen and oxygen atoms in total. The van der Waals surface area contributed by atoms with Crippen molar-refractivity contribution in [1.82, 2.24) is 0 Å². The Labute approximate surface area is 214 Å². The molecule has 2 amide bonds. The van der Waals surface area contributed by atoms with E-state index in [9.17, 15) is 14.4 Å². The van der Waals surface area contributed by atoms with Crippen molar-refractivity contribution in [2.24, 2.45) is 0 Å². The molecule has 3 aromatic rings. The highest BCUT2D eigenvalue weighted by molar-refractivity contribution is 8.04. The summed E-state index contributed by atoms with van der Waals surface area (Å²) in [6.45, 7) is 6.29. The summed E-state index contributed by atoms with van der Waals surface area (Å²) in [5.74, 6) is -0.976. The summed E-state index contributed by atoms with van der Waals surface area (Å²) in [6.07, 6.45) is 0.